The Morgan fingerprint density at radius 3 is 2.40 bits per heavy atom. The Labute approximate surface area is 120 Å². The molecule has 1 rings (SSSR count). The number of hydrogen-bond acceptors (Lipinski definition) is 9. The monoisotopic (exact) mass is 382 g/mol. The molecule has 20 heavy (non-hydrogen) atoms. The Hall–Kier alpha value is 0.189. The molecule has 5 N–H and O–H groups in total. The Morgan fingerprint density at radius 2 is 1.95 bits per heavy atom. The van der Waals surface area contributed by atoms with Crippen molar-refractivity contribution >= 4 is 24.3 Å². The van der Waals surface area contributed by atoms with Gasteiger partial charge in [0.15, 0.2) is 0 Å². The zero-order valence-electron chi connectivity index (χ0n) is 10.4. The topological polar surface area (TPSA) is 168 Å². The summed E-state index contributed by atoms with van der Waals surface area (Å²) >= 11 is -1.85. The van der Waals surface area contributed by atoms with Gasteiger partial charge in [-0.25, -0.2) is 0 Å². The van der Waals surface area contributed by atoms with Crippen LogP contribution >= 0.6 is 0 Å². The Bertz CT molecular complexity index is 402. The third-order valence-corrected chi connectivity index (χ3v) is 9.41. The van der Waals surface area contributed by atoms with E-state index in [4.69, 9.17) is 5.11 Å². The van der Waals surface area contributed by atoms with Crippen LogP contribution in [0, 0.1) is 0 Å². The standard InChI is InChI=1S/C9H19O9SSe/c10-1-7(18-19(15,16)17)5(12)3-20-4-6(13)9(14)8(20)2-11/h5-14H,1-4H2,(H,15,16,17)/p-1/t5-,6+,7+,8-,9-/m1/s1. The van der Waals surface area contributed by atoms with E-state index in [9.17, 15) is 33.4 Å². The van der Waals surface area contributed by atoms with E-state index in [1.165, 1.54) is 0 Å². The molecular formula is C9H18O9SSe-. The van der Waals surface area contributed by atoms with Crippen molar-refractivity contribution in [1.82, 2.24) is 0 Å². The predicted molar refractivity (Wildman–Crippen MR) is 65.9 cm³/mol. The first kappa shape index (κ1) is 18.2. The van der Waals surface area contributed by atoms with Crippen molar-refractivity contribution in [3.05, 3.63) is 0 Å². The number of aliphatic hydroxyl groups excluding tert-OH is 5. The molecule has 1 aliphatic rings. The van der Waals surface area contributed by atoms with Gasteiger partial charge >= 0.3 is 120 Å². The van der Waals surface area contributed by atoms with Crippen LogP contribution in [0.25, 0.3) is 0 Å². The van der Waals surface area contributed by atoms with Gasteiger partial charge in [-0.15, -0.1) is 0 Å². The normalized spacial score (nSPS) is 31.4. The second-order valence-electron chi connectivity index (χ2n) is 4.44. The zero-order chi connectivity index (χ0) is 15.5. The van der Waals surface area contributed by atoms with E-state index in [1.54, 1.807) is 0 Å². The fourth-order valence-corrected chi connectivity index (χ4v) is 8.16. The van der Waals surface area contributed by atoms with E-state index in [0.29, 0.717) is 0 Å². The first-order chi connectivity index (χ1) is 9.19. The zero-order valence-corrected chi connectivity index (χ0v) is 12.9. The van der Waals surface area contributed by atoms with Crippen LogP contribution in [0.15, 0.2) is 0 Å². The van der Waals surface area contributed by atoms with Gasteiger partial charge in [-0.3, -0.25) is 0 Å². The van der Waals surface area contributed by atoms with Crippen molar-refractivity contribution in [2.75, 3.05) is 13.2 Å². The van der Waals surface area contributed by atoms with E-state index in [-0.39, 0.29) is 17.2 Å². The van der Waals surface area contributed by atoms with Crippen molar-refractivity contribution in [3.8, 4) is 0 Å². The molecule has 1 radical (unpaired) electrons. The van der Waals surface area contributed by atoms with Crippen molar-refractivity contribution in [2.24, 2.45) is 0 Å². The summed E-state index contributed by atoms with van der Waals surface area (Å²) in [5, 5.41) is 47.3. The summed E-state index contributed by atoms with van der Waals surface area (Å²) in [6.45, 7) is -1.23. The maximum atomic E-state index is 10.5. The molecule has 1 heterocycles. The van der Waals surface area contributed by atoms with Crippen LogP contribution in [0.2, 0.25) is 15.5 Å². The molecule has 1 fully saturated rings. The molecule has 0 saturated carbocycles. The van der Waals surface area contributed by atoms with Crippen LogP contribution in [0.5, 0.6) is 0 Å². The summed E-state index contributed by atoms with van der Waals surface area (Å²) in [6, 6.07) is 0. The molecule has 9 nitrogen and oxygen atoms in total. The maximum absolute atomic E-state index is 10.5. The van der Waals surface area contributed by atoms with Gasteiger partial charge in [-0.1, -0.05) is 0 Å². The van der Waals surface area contributed by atoms with Gasteiger partial charge in [-0.05, 0) is 0 Å². The minimum absolute atomic E-state index is 0.0138. The van der Waals surface area contributed by atoms with E-state index in [2.05, 4.69) is 4.18 Å². The van der Waals surface area contributed by atoms with Crippen LogP contribution in [0.1, 0.15) is 0 Å². The quantitative estimate of drug-likeness (QED) is 0.173. The van der Waals surface area contributed by atoms with Crippen LogP contribution in [-0.2, 0) is 14.6 Å². The van der Waals surface area contributed by atoms with Crippen molar-refractivity contribution in [3.63, 3.8) is 0 Å². The SMILES string of the molecule is O=S(=O)([O-])O[C@@H](CO)[C@H](O)C[Se]1C[C@H](O)[C@@H](O)[C@H]1CO. The number of rotatable bonds is 7. The molecule has 0 amide bonds. The number of aliphatic hydroxyl groups is 5. The molecule has 1 aliphatic heterocycles. The average Bonchev–Trinajstić information content (AvgIpc) is 2.60. The summed E-state index contributed by atoms with van der Waals surface area (Å²) in [7, 11) is -5.06. The van der Waals surface area contributed by atoms with Gasteiger partial charge in [0.25, 0.3) is 0 Å². The molecule has 0 aliphatic carbocycles. The summed E-state index contributed by atoms with van der Waals surface area (Å²) in [5.74, 6) is 0. The van der Waals surface area contributed by atoms with Crippen LogP contribution in [0.4, 0.5) is 0 Å². The van der Waals surface area contributed by atoms with Gasteiger partial charge in [0.2, 0.25) is 0 Å². The summed E-state index contributed by atoms with van der Waals surface area (Å²) in [4.78, 5) is -0.553. The fraction of sp³-hybridized carbons (Fsp3) is 1.00. The first-order valence-corrected chi connectivity index (χ1v) is 10.5. The molecule has 0 aromatic carbocycles. The summed E-state index contributed by atoms with van der Waals surface area (Å²) < 4.78 is 35.4. The fourth-order valence-electron chi connectivity index (χ4n) is 1.99. The van der Waals surface area contributed by atoms with Gasteiger partial charge in [0.1, 0.15) is 0 Å². The summed E-state index contributed by atoms with van der Waals surface area (Å²) in [5.41, 5.74) is 0. The minimum atomic E-state index is -5.06. The first-order valence-electron chi connectivity index (χ1n) is 5.76. The van der Waals surface area contributed by atoms with Crippen LogP contribution < -0.4 is 0 Å². The molecule has 5 atom stereocenters. The molecule has 0 unspecified atom stereocenters. The average molecular weight is 381 g/mol. The van der Waals surface area contributed by atoms with Gasteiger partial charge in [0.05, 0.1) is 0 Å². The second kappa shape index (κ2) is 7.45. The van der Waals surface area contributed by atoms with Gasteiger partial charge < -0.3 is 0 Å². The van der Waals surface area contributed by atoms with E-state index >= 15 is 0 Å². The summed E-state index contributed by atoms with van der Waals surface area (Å²) in [6.07, 6.45) is -5.11. The van der Waals surface area contributed by atoms with Crippen molar-refractivity contribution < 1.29 is 42.7 Å². The molecule has 0 bridgehead atoms. The Balaban J connectivity index is 2.66. The molecule has 121 valence electrons. The van der Waals surface area contributed by atoms with Crippen molar-refractivity contribution in [2.45, 2.75) is 39.9 Å². The molecule has 0 aromatic heterocycles. The van der Waals surface area contributed by atoms with Crippen molar-refractivity contribution in [1.29, 1.82) is 0 Å². The third kappa shape index (κ3) is 4.88. The molecular weight excluding hydrogens is 363 g/mol. The van der Waals surface area contributed by atoms with E-state index in [1.807, 2.05) is 0 Å². The molecule has 11 heteroatoms. The van der Waals surface area contributed by atoms with Crippen LogP contribution in [0.3, 0.4) is 0 Å². The van der Waals surface area contributed by atoms with E-state index in [0.717, 1.165) is 0 Å². The number of hydrogen-bond donors (Lipinski definition) is 5. The second-order valence-corrected chi connectivity index (χ2v) is 10.4. The Morgan fingerprint density at radius 1 is 1.35 bits per heavy atom. The molecule has 0 aromatic rings. The third-order valence-electron chi connectivity index (χ3n) is 3.00. The van der Waals surface area contributed by atoms with E-state index < -0.39 is 60.1 Å². The molecule has 1 saturated heterocycles. The predicted octanol–water partition coefficient (Wildman–Crippen LogP) is -3.22. The van der Waals surface area contributed by atoms with Gasteiger partial charge in [-0.2, -0.15) is 0 Å². The Kier molecular flexibility index (Phi) is 6.80. The molecule has 0 spiro atoms. The van der Waals surface area contributed by atoms with Gasteiger partial charge in [0, 0.05) is 0 Å². The van der Waals surface area contributed by atoms with Crippen LogP contribution in [-0.4, -0.2) is 90.0 Å².